The second-order valence-electron chi connectivity index (χ2n) is 3.46. The highest BCUT2D eigenvalue weighted by molar-refractivity contribution is 6.32. The molecule has 1 heterocycles. The average molecular weight is 169 g/mol. The van der Waals surface area contributed by atoms with Crippen molar-refractivity contribution in [1.29, 1.82) is 0 Å². The van der Waals surface area contributed by atoms with Crippen LogP contribution in [0.2, 0.25) is 0 Å². The van der Waals surface area contributed by atoms with Crippen molar-refractivity contribution < 1.29 is 14.3 Å². The van der Waals surface area contributed by atoms with Crippen molar-refractivity contribution in [2.45, 2.75) is 6.42 Å². The second-order valence-corrected chi connectivity index (χ2v) is 3.46. The highest BCUT2D eigenvalue weighted by Gasteiger charge is 2.47. The van der Waals surface area contributed by atoms with Crippen LogP contribution in [0.5, 0.6) is 0 Å². The molecule has 0 aromatic heterocycles. The molecule has 0 aromatic rings. The van der Waals surface area contributed by atoms with Gasteiger partial charge in [0.05, 0.1) is 7.11 Å². The van der Waals surface area contributed by atoms with Gasteiger partial charge in [-0.05, 0) is 18.3 Å². The fourth-order valence-electron chi connectivity index (χ4n) is 1.78. The van der Waals surface area contributed by atoms with Crippen LogP contribution >= 0.6 is 0 Å². The Hall–Kier alpha value is -1.06. The van der Waals surface area contributed by atoms with Gasteiger partial charge in [0.15, 0.2) is 0 Å². The molecule has 66 valence electrons. The van der Waals surface area contributed by atoms with E-state index in [1.165, 1.54) is 13.5 Å². The second kappa shape index (κ2) is 2.47. The maximum atomic E-state index is 11.2. The van der Waals surface area contributed by atoms with E-state index in [1.807, 2.05) is 0 Å². The van der Waals surface area contributed by atoms with Crippen LogP contribution in [0.15, 0.2) is 0 Å². The third-order valence-electron chi connectivity index (χ3n) is 2.63. The fraction of sp³-hybridized carbons (Fsp3) is 0.750. The molecule has 0 spiro atoms. The molecule has 1 aliphatic carbocycles. The molecule has 0 bridgehead atoms. The molecular weight excluding hydrogens is 158 g/mol. The van der Waals surface area contributed by atoms with Crippen molar-refractivity contribution in [3.8, 4) is 0 Å². The number of amides is 1. The first-order valence-electron chi connectivity index (χ1n) is 4.09. The first kappa shape index (κ1) is 7.58. The number of fused-ring (bicyclic) bond motifs is 1. The van der Waals surface area contributed by atoms with Crippen molar-refractivity contribution in [3.63, 3.8) is 0 Å². The number of likely N-dealkylation sites (tertiary alicyclic amines) is 1. The zero-order valence-corrected chi connectivity index (χ0v) is 6.95. The lowest BCUT2D eigenvalue weighted by molar-refractivity contribution is -0.157. The summed E-state index contributed by atoms with van der Waals surface area (Å²) in [5.74, 6) is 0.109. The summed E-state index contributed by atoms with van der Waals surface area (Å²) in [6.45, 7) is 1.50. The van der Waals surface area contributed by atoms with Crippen LogP contribution in [0.1, 0.15) is 6.42 Å². The summed E-state index contributed by atoms with van der Waals surface area (Å²) >= 11 is 0. The van der Waals surface area contributed by atoms with E-state index in [4.69, 9.17) is 0 Å². The lowest BCUT2D eigenvalue weighted by Gasteiger charge is -2.15. The Labute approximate surface area is 70.5 Å². The third kappa shape index (κ3) is 1.07. The third-order valence-corrected chi connectivity index (χ3v) is 2.63. The number of carbonyl (C=O) groups is 2. The smallest absolute Gasteiger partial charge is 0.396 e. The van der Waals surface area contributed by atoms with Gasteiger partial charge in [0.1, 0.15) is 0 Å². The summed E-state index contributed by atoms with van der Waals surface area (Å²) in [7, 11) is 1.23. The number of ether oxygens (including phenoxy) is 1. The zero-order chi connectivity index (χ0) is 8.72. The van der Waals surface area contributed by atoms with E-state index >= 15 is 0 Å². The predicted octanol–water partition coefficient (Wildman–Crippen LogP) is -0.362. The molecule has 1 aliphatic heterocycles. The van der Waals surface area contributed by atoms with E-state index in [-0.39, 0.29) is 0 Å². The van der Waals surface area contributed by atoms with Gasteiger partial charge in [-0.2, -0.15) is 0 Å². The van der Waals surface area contributed by atoms with Gasteiger partial charge >= 0.3 is 11.9 Å². The van der Waals surface area contributed by atoms with E-state index in [1.54, 1.807) is 4.90 Å². The molecule has 2 aliphatic rings. The first-order valence-corrected chi connectivity index (χ1v) is 4.09. The van der Waals surface area contributed by atoms with Gasteiger partial charge in [0, 0.05) is 13.1 Å². The number of methoxy groups -OCH3 is 1. The molecule has 2 rings (SSSR count). The number of hydrogen-bond donors (Lipinski definition) is 0. The summed E-state index contributed by atoms with van der Waals surface area (Å²) in [6, 6.07) is 0. The van der Waals surface area contributed by atoms with Crippen LogP contribution in [0.4, 0.5) is 0 Å². The van der Waals surface area contributed by atoms with Crippen LogP contribution in [0.25, 0.3) is 0 Å². The lowest BCUT2D eigenvalue weighted by atomic mass is 10.4. The highest BCUT2D eigenvalue weighted by Crippen LogP contribution is 2.44. The summed E-state index contributed by atoms with van der Waals surface area (Å²) < 4.78 is 4.34. The average Bonchev–Trinajstić information content (AvgIpc) is 2.71. The number of carbonyl (C=O) groups excluding carboxylic acids is 2. The molecule has 12 heavy (non-hydrogen) atoms. The predicted molar refractivity (Wildman–Crippen MR) is 40.2 cm³/mol. The molecule has 2 fully saturated rings. The lowest BCUT2D eigenvalue weighted by Crippen LogP contribution is -2.36. The minimum Gasteiger partial charge on any atom is -0.462 e. The van der Waals surface area contributed by atoms with E-state index in [0.717, 1.165) is 13.1 Å². The Bertz CT molecular complexity index is 228. The van der Waals surface area contributed by atoms with Crippen LogP contribution in [-0.4, -0.2) is 37.0 Å². The van der Waals surface area contributed by atoms with Gasteiger partial charge in [-0.3, -0.25) is 4.79 Å². The Kier molecular flexibility index (Phi) is 1.56. The monoisotopic (exact) mass is 169 g/mol. The summed E-state index contributed by atoms with van der Waals surface area (Å²) in [5, 5.41) is 0. The highest BCUT2D eigenvalue weighted by atomic mass is 16.5. The Balaban J connectivity index is 1.92. The molecule has 0 N–H and O–H groups in total. The molecule has 1 amide bonds. The minimum atomic E-state index is -0.740. The fourth-order valence-corrected chi connectivity index (χ4v) is 1.78. The largest absolute Gasteiger partial charge is 0.462 e. The van der Waals surface area contributed by atoms with Crippen molar-refractivity contribution in [2.75, 3.05) is 20.2 Å². The normalized spacial score (nSPS) is 31.2. The van der Waals surface area contributed by atoms with Gasteiger partial charge < -0.3 is 9.64 Å². The Morgan fingerprint density at radius 1 is 1.33 bits per heavy atom. The molecular formula is C8H11NO3. The van der Waals surface area contributed by atoms with Gasteiger partial charge in [-0.25, -0.2) is 4.79 Å². The minimum absolute atomic E-state index is 0.482. The number of rotatable bonds is 0. The number of esters is 1. The van der Waals surface area contributed by atoms with Crippen molar-refractivity contribution >= 4 is 11.9 Å². The van der Waals surface area contributed by atoms with E-state index < -0.39 is 11.9 Å². The molecule has 2 unspecified atom stereocenters. The van der Waals surface area contributed by atoms with Crippen molar-refractivity contribution in [2.24, 2.45) is 11.8 Å². The Morgan fingerprint density at radius 3 is 2.42 bits per heavy atom. The van der Waals surface area contributed by atoms with Crippen LogP contribution < -0.4 is 0 Å². The molecule has 1 saturated heterocycles. The SMILES string of the molecule is COC(=O)C(=O)N1CC2CC2C1. The summed E-state index contributed by atoms with van der Waals surface area (Å²) in [4.78, 5) is 23.6. The molecule has 4 heteroatoms. The molecule has 2 atom stereocenters. The van der Waals surface area contributed by atoms with Crippen LogP contribution in [-0.2, 0) is 14.3 Å². The van der Waals surface area contributed by atoms with Crippen molar-refractivity contribution in [3.05, 3.63) is 0 Å². The van der Waals surface area contributed by atoms with Gasteiger partial charge in [0.2, 0.25) is 0 Å². The van der Waals surface area contributed by atoms with Gasteiger partial charge in [0.25, 0.3) is 0 Å². The quantitative estimate of drug-likeness (QED) is 0.367. The zero-order valence-electron chi connectivity index (χ0n) is 6.95. The van der Waals surface area contributed by atoms with Gasteiger partial charge in [-0.1, -0.05) is 0 Å². The topological polar surface area (TPSA) is 46.6 Å². The molecule has 4 nitrogen and oxygen atoms in total. The molecule has 0 radical (unpaired) electrons. The number of piperidine rings is 1. The van der Waals surface area contributed by atoms with Gasteiger partial charge in [-0.15, -0.1) is 0 Å². The summed E-state index contributed by atoms with van der Waals surface area (Å²) in [5.41, 5.74) is 0. The molecule has 0 aromatic carbocycles. The van der Waals surface area contributed by atoms with Crippen molar-refractivity contribution in [1.82, 2.24) is 4.90 Å². The Morgan fingerprint density at radius 2 is 1.92 bits per heavy atom. The van der Waals surface area contributed by atoms with E-state index in [9.17, 15) is 9.59 Å². The molecule has 1 saturated carbocycles. The van der Waals surface area contributed by atoms with E-state index in [2.05, 4.69) is 4.74 Å². The standard InChI is InChI=1S/C8H11NO3/c1-12-8(11)7(10)9-3-5-2-6(5)4-9/h5-6H,2-4H2,1H3. The van der Waals surface area contributed by atoms with E-state index in [0.29, 0.717) is 11.8 Å². The van der Waals surface area contributed by atoms with Crippen LogP contribution in [0.3, 0.4) is 0 Å². The number of nitrogens with zero attached hydrogens (tertiary/aromatic N) is 1. The first-order chi connectivity index (χ1) is 5.72. The summed E-state index contributed by atoms with van der Waals surface area (Å²) in [6.07, 6.45) is 1.23. The number of hydrogen-bond acceptors (Lipinski definition) is 3. The van der Waals surface area contributed by atoms with Crippen LogP contribution in [0, 0.1) is 11.8 Å². The maximum Gasteiger partial charge on any atom is 0.396 e. The maximum absolute atomic E-state index is 11.2.